The summed E-state index contributed by atoms with van der Waals surface area (Å²) >= 11 is 0. The van der Waals surface area contributed by atoms with E-state index in [0.29, 0.717) is 24.5 Å². The van der Waals surface area contributed by atoms with Crippen molar-refractivity contribution < 1.29 is 14.1 Å². The molecule has 19 heavy (non-hydrogen) atoms. The van der Waals surface area contributed by atoms with E-state index in [2.05, 4.69) is 5.16 Å². The fraction of sp³-hybridized carbons (Fsp3) is 0.615. The first-order valence-corrected chi connectivity index (χ1v) is 6.45. The van der Waals surface area contributed by atoms with E-state index in [1.165, 1.54) is 0 Å². The average Bonchev–Trinajstić information content (AvgIpc) is 2.84. The summed E-state index contributed by atoms with van der Waals surface area (Å²) in [7, 11) is 1.81. The maximum absolute atomic E-state index is 12.1. The highest BCUT2D eigenvalue weighted by molar-refractivity contribution is 5.92. The molecule has 0 aromatic carbocycles. The zero-order chi connectivity index (χ0) is 14.0. The normalized spacial score (nSPS) is 16.5. The van der Waals surface area contributed by atoms with Gasteiger partial charge in [-0.1, -0.05) is 5.16 Å². The number of amides is 2. The highest BCUT2D eigenvalue weighted by Gasteiger charge is 2.27. The van der Waals surface area contributed by atoms with Crippen LogP contribution in [0.25, 0.3) is 0 Å². The molecule has 2 amide bonds. The van der Waals surface area contributed by atoms with E-state index >= 15 is 0 Å². The lowest BCUT2D eigenvalue weighted by atomic mass is 10.0. The molecule has 1 aliphatic heterocycles. The molecule has 0 atom stereocenters. The zero-order valence-corrected chi connectivity index (χ0v) is 11.5. The van der Waals surface area contributed by atoms with Crippen LogP contribution >= 0.6 is 0 Å². The van der Waals surface area contributed by atoms with Crippen LogP contribution in [0.15, 0.2) is 10.6 Å². The summed E-state index contributed by atoms with van der Waals surface area (Å²) in [6, 6.07) is 1.87. The molecule has 0 N–H and O–H groups in total. The van der Waals surface area contributed by atoms with Crippen molar-refractivity contribution in [1.29, 1.82) is 0 Å². The summed E-state index contributed by atoms with van der Waals surface area (Å²) in [5.41, 5.74) is 0.357. The predicted octanol–water partition coefficient (Wildman–Crippen LogP) is 1.07. The van der Waals surface area contributed by atoms with Crippen molar-refractivity contribution in [3.05, 3.63) is 17.5 Å². The van der Waals surface area contributed by atoms with Crippen molar-refractivity contribution in [2.45, 2.75) is 32.7 Å². The molecule has 2 rings (SSSR count). The molecule has 1 aliphatic rings. The van der Waals surface area contributed by atoms with Gasteiger partial charge in [-0.05, 0) is 19.8 Å². The number of hydrogen-bond donors (Lipinski definition) is 0. The lowest BCUT2D eigenvalue weighted by Gasteiger charge is -2.36. The van der Waals surface area contributed by atoms with Gasteiger partial charge in [0.25, 0.3) is 5.91 Å². The SMILES string of the molecule is CC(=O)N(C)C1CCN(C(=O)c2cc(C)on2)CC1. The summed E-state index contributed by atoms with van der Waals surface area (Å²) in [5.74, 6) is 0.604. The maximum Gasteiger partial charge on any atom is 0.276 e. The van der Waals surface area contributed by atoms with Gasteiger partial charge in [-0.15, -0.1) is 0 Å². The lowest BCUT2D eigenvalue weighted by Crippen LogP contribution is -2.46. The van der Waals surface area contributed by atoms with Crippen molar-refractivity contribution in [3.63, 3.8) is 0 Å². The Labute approximate surface area is 112 Å². The summed E-state index contributed by atoms with van der Waals surface area (Å²) in [4.78, 5) is 27.0. The van der Waals surface area contributed by atoms with Crippen LogP contribution in [0.3, 0.4) is 0 Å². The summed E-state index contributed by atoms with van der Waals surface area (Å²) in [6.45, 7) is 4.62. The molecule has 104 valence electrons. The van der Waals surface area contributed by atoms with Crippen LogP contribution in [0, 0.1) is 6.92 Å². The van der Waals surface area contributed by atoms with Gasteiger partial charge in [0, 0.05) is 39.2 Å². The van der Waals surface area contributed by atoms with Gasteiger partial charge in [0.15, 0.2) is 5.69 Å². The number of piperidine rings is 1. The topological polar surface area (TPSA) is 66.7 Å². The third kappa shape index (κ3) is 2.94. The number of aromatic nitrogens is 1. The largest absolute Gasteiger partial charge is 0.361 e. The van der Waals surface area contributed by atoms with Crippen LogP contribution in [0.1, 0.15) is 36.0 Å². The first kappa shape index (κ1) is 13.6. The van der Waals surface area contributed by atoms with Crippen molar-refractivity contribution in [2.75, 3.05) is 20.1 Å². The second-order valence-electron chi connectivity index (χ2n) is 4.98. The second kappa shape index (κ2) is 5.42. The van der Waals surface area contributed by atoms with Crippen molar-refractivity contribution in [1.82, 2.24) is 15.0 Å². The van der Waals surface area contributed by atoms with Crippen molar-refractivity contribution in [2.24, 2.45) is 0 Å². The van der Waals surface area contributed by atoms with Gasteiger partial charge < -0.3 is 14.3 Å². The van der Waals surface area contributed by atoms with Crippen LogP contribution in [-0.2, 0) is 4.79 Å². The first-order chi connectivity index (χ1) is 8.99. The monoisotopic (exact) mass is 265 g/mol. The number of rotatable bonds is 2. The van der Waals surface area contributed by atoms with Gasteiger partial charge in [0.1, 0.15) is 5.76 Å². The molecule has 6 heteroatoms. The Bertz CT molecular complexity index is 475. The molecule has 0 aliphatic carbocycles. The fourth-order valence-corrected chi connectivity index (χ4v) is 2.34. The van der Waals surface area contributed by atoms with E-state index < -0.39 is 0 Å². The van der Waals surface area contributed by atoms with Crippen LogP contribution < -0.4 is 0 Å². The minimum atomic E-state index is -0.0965. The third-order valence-corrected chi connectivity index (χ3v) is 3.64. The molecule has 2 heterocycles. The molecule has 1 saturated heterocycles. The Morgan fingerprint density at radius 2 is 2.05 bits per heavy atom. The smallest absolute Gasteiger partial charge is 0.276 e. The maximum atomic E-state index is 12.1. The molecule has 0 radical (unpaired) electrons. The van der Waals surface area contributed by atoms with Gasteiger partial charge in [-0.3, -0.25) is 9.59 Å². The van der Waals surface area contributed by atoms with Crippen LogP contribution in [0.5, 0.6) is 0 Å². The van der Waals surface area contributed by atoms with Gasteiger partial charge in [0.05, 0.1) is 0 Å². The zero-order valence-electron chi connectivity index (χ0n) is 11.5. The Hall–Kier alpha value is -1.85. The standard InChI is InChI=1S/C13H19N3O3/c1-9-8-12(14-19-9)13(18)16-6-4-11(5-7-16)15(3)10(2)17/h8,11H,4-7H2,1-3H3. The quantitative estimate of drug-likeness (QED) is 0.802. The van der Waals surface area contributed by atoms with E-state index in [4.69, 9.17) is 4.52 Å². The molecule has 1 aromatic heterocycles. The number of aryl methyl sites for hydroxylation is 1. The van der Waals surface area contributed by atoms with E-state index in [0.717, 1.165) is 12.8 Å². The van der Waals surface area contributed by atoms with Crippen LogP contribution in [0.2, 0.25) is 0 Å². The molecule has 0 spiro atoms. The Balaban J connectivity index is 1.93. The van der Waals surface area contributed by atoms with Crippen molar-refractivity contribution >= 4 is 11.8 Å². The number of nitrogens with zero attached hydrogens (tertiary/aromatic N) is 3. The predicted molar refractivity (Wildman–Crippen MR) is 68.6 cm³/mol. The van der Waals surface area contributed by atoms with Crippen LogP contribution in [0.4, 0.5) is 0 Å². The molecule has 0 bridgehead atoms. The Morgan fingerprint density at radius 3 is 2.53 bits per heavy atom. The molecule has 6 nitrogen and oxygen atoms in total. The highest BCUT2D eigenvalue weighted by atomic mass is 16.5. The summed E-state index contributed by atoms with van der Waals surface area (Å²) in [6.07, 6.45) is 1.61. The minimum Gasteiger partial charge on any atom is -0.361 e. The minimum absolute atomic E-state index is 0.0666. The number of carbonyl (C=O) groups excluding carboxylic acids is 2. The average molecular weight is 265 g/mol. The Morgan fingerprint density at radius 1 is 1.42 bits per heavy atom. The molecule has 1 aromatic rings. The fourth-order valence-electron chi connectivity index (χ4n) is 2.34. The highest BCUT2D eigenvalue weighted by Crippen LogP contribution is 2.17. The van der Waals surface area contributed by atoms with Gasteiger partial charge in [-0.2, -0.15) is 0 Å². The molecular weight excluding hydrogens is 246 g/mol. The van der Waals surface area contributed by atoms with Gasteiger partial charge >= 0.3 is 0 Å². The molecular formula is C13H19N3O3. The van der Waals surface area contributed by atoms with E-state index in [-0.39, 0.29) is 17.9 Å². The first-order valence-electron chi connectivity index (χ1n) is 6.45. The molecule has 0 unspecified atom stereocenters. The Kier molecular flexibility index (Phi) is 3.87. The molecule has 1 fully saturated rings. The number of hydrogen-bond acceptors (Lipinski definition) is 4. The van der Waals surface area contributed by atoms with Gasteiger partial charge in [-0.25, -0.2) is 0 Å². The number of likely N-dealkylation sites (tertiary alicyclic amines) is 1. The van der Waals surface area contributed by atoms with Gasteiger partial charge in [0.2, 0.25) is 5.91 Å². The van der Waals surface area contributed by atoms with E-state index in [1.54, 1.807) is 29.7 Å². The molecule has 0 saturated carbocycles. The summed E-state index contributed by atoms with van der Waals surface area (Å²) < 4.78 is 4.92. The van der Waals surface area contributed by atoms with E-state index in [9.17, 15) is 9.59 Å². The second-order valence-corrected chi connectivity index (χ2v) is 4.98. The lowest BCUT2D eigenvalue weighted by molar-refractivity contribution is -0.130. The van der Waals surface area contributed by atoms with Crippen LogP contribution in [-0.4, -0.2) is 52.9 Å². The number of carbonyl (C=O) groups is 2. The van der Waals surface area contributed by atoms with E-state index in [1.807, 2.05) is 7.05 Å². The third-order valence-electron chi connectivity index (χ3n) is 3.64. The van der Waals surface area contributed by atoms with Crippen molar-refractivity contribution in [3.8, 4) is 0 Å². The summed E-state index contributed by atoms with van der Waals surface area (Å²) in [5, 5.41) is 3.74.